The maximum Gasteiger partial charge on any atom is 0.291 e. The van der Waals surface area contributed by atoms with Crippen molar-refractivity contribution in [2.24, 2.45) is 0 Å². The normalized spacial score (nSPS) is 11.5. The molecule has 0 spiro atoms. The Kier molecular flexibility index (Phi) is 5.92. The number of rotatable bonds is 6. The summed E-state index contributed by atoms with van der Waals surface area (Å²) in [5.41, 5.74) is -1.20. The number of nitrogens with zero attached hydrogens (tertiary/aromatic N) is 2. The third kappa shape index (κ3) is 4.42. The molecular formula is C18H13ClF5N3O2. The average molecular weight is 434 g/mol. The molecule has 1 amide bonds. The number of aryl methyl sites for hydroxylation is 1. The molecule has 0 fully saturated rings. The summed E-state index contributed by atoms with van der Waals surface area (Å²) in [7, 11) is 0. The first-order chi connectivity index (χ1) is 13.7. The van der Waals surface area contributed by atoms with E-state index in [1.54, 1.807) is 6.92 Å². The number of aromatic nitrogens is 2. The Hall–Kier alpha value is -2.88. The predicted molar refractivity (Wildman–Crippen MR) is 94.1 cm³/mol. The van der Waals surface area contributed by atoms with Crippen molar-refractivity contribution in [1.29, 1.82) is 0 Å². The van der Waals surface area contributed by atoms with Gasteiger partial charge in [0, 0.05) is 0 Å². The van der Waals surface area contributed by atoms with E-state index >= 15 is 0 Å². The topological polar surface area (TPSA) is 60.1 Å². The van der Waals surface area contributed by atoms with Gasteiger partial charge in [0.2, 0.25) is 0 Å². The van der Waals surface area contributed by atoms with Crippen molar-refractivity contribution in [3.8, 4) is 0 Å². The quantitative estimate of drug-likeness (QED) is 0.503. The van der Waals surface area contributed by atoms with Crippen LogP contribution in [-0.4, -0.2) is 15.7 Å². The summed E-state index contributed by atoms with van der Waals surface area (Å²) >= 11 is 5.59. The van der Waals surface area contributed by atoms with Crippen molar-refractivity contribution in [1.82, 2.24) is 9.78 Å². The van der Waals surface area contributed by atoms with Crippen LogP contribution in [0.1, 0.15) is 46.1 Å². The van der Waals surface area contributed by atoms with Crippen molar-refractivity contribution in [3.63, 3.8) is 0 Å². The number of halogens is 6. The molecule has 154 valence electrons. The first-order valence-corrected chi connectivity index (χ1v) is 8.53. The molecule has 1 N–H and O–H groups in total. The lowest BCUT2D eigenvalue weighted by atomic mass is 10.2. The smallest absolute Gasteiger partial charge is 0.291 e. The molecule has 0 bridgehead atoms. The van der Waals surface area contributed by atoms with Crippen LogP contribution in [0.5, 0.6) is 0 Å². The van der Waals surface area contributed by atoms with Gasteiger partial charge in [0.15, 0.2) is 5.76 Å². The zero-order valence-electron chi connectivity index (χ0n) is 14.7. The van der Waals surface area contributed by atoms with Crippen molar-refractivity contribution >= 4 is 23.2 Å². The number of hydrogen-bond acceptors (Lipinski definition) is 3. The lowest BCUT2D eigenvalue weighted by molar-refractivity contribution is 0.0993. The molecule has 1 aromatic carbocycles. The highest BCUT2D eigenvalue weighted by Gasteiger charge is 2.28. The summed E-state index contributed by atoms with van der Waals surface area (Å²) in [4.78, 5) is 12.2. The number of nitrogens with one attached hydrogen (secondary N) is 1. The van der Waals surface area contributed by atoms with Crippen molar-refractivity contribution < 1.29 is 31.2 Å². The fraction of sp³-hybridized carbons (Fsp3) is 0.222. The summed E-state index contributed by atoms with van der Waals surface area (Å²) < 4.78 is 71.8. The highest BCUT2D eigenvalue weighted by atomic mass is 35.5. The average Bonchev–Trinajstić information content (AvgIpc) is 3.23. The molecule has 5 nitrogen and oxygen atoms in total. The first-order valence-electron chi connectivity index (χ1n) is 8.16. The van der Waals surface area contributed by atoms with Crippen LogP contribution < -0.4 is 5.32 Å². The van der Waals surface area contributed by atoms with E-state index in [1.807, 2.05) is 0 Å². The predicted octanol–water partition coefficient (Wildman–Crippen LogP) is 5.75. The van der Waals surface area contributed by atoms with Crippen LogP contribution in [0.15, 0.2) is 34.7 Å². The highest BCUT2D eigenvalue weighted by Crippen LogP contribution is 2.35. The molecular weight excluding hydrogens is 421 g/mol. The molecule has 3 aromatic rings. The number of hydrogen-bond donors (Lipinski definition) is 1. The Labute approximate surface area is 166 Å². The second-order valence-corrected chi connectivity index (χ2v) is 6.42. The second kappa shape index (κ2) is 8.24. The van der Waals surface area contributed by atoms with Gasteiger partial charge in [-0.05, 0) is 36.8 Å². The molecule has 0 aliphatic rings. The number of furan rings is 1. The Morgan fingerprint density at radius 1 is 1.21 bits per heavy atom. The standard InChI is InChI=1S/C18H13ClF5N3O2/c1-8-2-4-10(20)11(6-8)25-18(28)12-5-3-9(29-12)7-27-15(17(23)24)13(19)14(26-27)16(21)22/h2-6,16-17H,7H2,1H3,(H,25,28). The van der Waals surface area contributed by atoms with E-state index in [0.29, 0.717) is 10.2 Å². The number of benzene rings is 1. The van der Waals surface area contributed by atoms with Gasteiger partial charge in [0.25, 0.3) is 18.8 Å². The minimum absolute atomic E-state index is 0.0123. The van der Waals surface area contributed by atoms with Gasteiger partial charge in [0.05, 0.1) is 17.3 Å². The van der Waals surface area contributed by atoms with E-state index in [2.05, 4.69) is 10.4 Å². The van der Waals surface area contributed by atoms with Crippen LogP contribution in [-0.2, 0) is 6.54 Å². The van der Waals surface area contributed by atoms with Gasteiger partial charge >= 0.3 is 0 Å². The van der Waals surface area contributed by atoms with Gasteiger partial charge in [-0.15, -0.1) is 0 Å². The van der Waals surface area contributed by atoms with E-state index in [-0.39, 0.29) is 17.2 Å². The lowest BCUT2D eigenvalue weighted by Crippen LogP contribution is -2.12. The fourth-order valence-electron chi connectivity index (χ4n) is 2.59. The monoisotopic (exact) mass is 433 g/mol. The van der Waals surface area contributed by atoms with Crippen LogP contribution in [0.2, 0.25) is 5.02 Å². The zero-order valence-corrected chi connectivity index (χ0v) is 15.5. The summed E-state index contributed by atoms with van der Waals surface area (Å²) in [6, 6.07) is 6.66. The van der Waals surface area contributed by atoms with E-state index in [9.17, 15) is 26.7 Å². The van der Waals surface area contributed by atoms with Crippen LogP contribution in [0.25, 0.3) is 0 Å². The lowest BCUT2D eigenvalue weighted by Gasteiger charge is -2.06. The maximum atomic E-state index is 13.8. The molecule has 29 heavy (non-hydrogen) atoms. The third-order valence-electron chi connectivity index (χ3n) is 3.93. The molecule has 0 saturated carbocycles. The molecule has 0 aliphatic heterocycles. The largest absolute Gasteiger partial charge is 0.454 e. The number of carbonyl (C=O) groups is 1. The summed E-state index contributed by atoms with van der Waals surface area (Å²) in [5.74, 6) is -1.67. The van der Waals surface area contributed by atoms with Gasteiger partial charge in [0.1, 0.15) is 23.0 Å². The second-order valence-electron chi connectivity index (χ2n) is 6.05. The van der Waals surface area contributed by atoms with E-state index in [4.69, 9.17) is 16.0 Å². The minimum Gasteiger partial charge on any atom is -0.454 e. The maximum absolute atomic E-state index is 13.8. The molecule has 0 unspecified atom stereocenters. The molecule has 2 aromatic heterocycles. The van der Waals surface area contributed by atoms with Gasteiger partial charge in [-0.3, -0.25) is 9.48 Å². The number of amides is 1. The summed E-state index contributed by atoms with van der Waals surface area (Å²) in [6.45, 7) is 1.25. The SMILES string of the molecule is Cc1ccc(F)c(NC(=O)c2ccc(Cn3nc(C(F)F)c(Cl)c3C(F)F)o2)c1. The van der Waals surface area contributed by atoms with Gasteiger partial charge in [-0.1, -0.05) is 17.7 Å². The Balaban J connectivity index is 1.81. The molecule has 11 heteroatoms. The minimum atomic E-state index is -3.15. The van der Waals surface area contributed by atoms with Crippen LogP contribution >= 0.6 is 11.6 Å². The number of carbonyl (C=O) groups excluding carboxylic acids is 1. The van der Waals surface area contributed by atoms with E-state index < -0.39 is 47.5 Å². The highest BCUT2D eigenvalue weighted by molar-refractivity contribution is 6.32. The molecule has 2 heterocycles. The zero-order chi connectivity index (χ0) is 21.3. The van der Waals surface area contributed by atoms with Gasteiger partial charge < -0.3 is 9.73 Å². The van der Waals surface area contributed by atoms with E-state index in [0.717, 1.165) is 0 Å². The Bertz CT molecular complexity index is 1050. The van der Waals surface area contributed by atoms with Crippen LogP contribution in [0.3, 0.4) is 0 Å². The van der Waals surface area contributed by atoms with Crippen LogP contribution in [0.4, 0.5) is 27.6 Å². The van der Waals surface area contributed by atoms with Crippen molar-refractivity contribution in [3.05, 3.63) is 69.6 Å². The Morgan fingerprint density at radius 3 is 2.59 bits per heavy atom. The molecule has 0 radical (unpaired) electrons. The summed E-state index contributed by atoms with van der Waals surface area (Å²) in [6.07, 6.45) is -6.28. The van der Waals surface area contributed by atoms with Gasteiger partial charge in [-0.2, -0.15) is 5.10 Å². The molecule has 0 saturated heterocycles. The Morgan fingerprint density at radius 2 is 1.93 bits per heavy atom. The van der Waals surface area contributed by atoms with Crippen molar-refractivity contribution in [2.45, 2.75) is 26.3 Å². The molecule has 3 rings (SSSR count). The van der Waals surface area contributed by atoms with Crippen molar-refractivity contribution in [2.75, 3.05) is 5.32 Å². The van der Waals surface area contributed by atoms with E-state index in [1.165, 1.54) is 30.3 Å². The number of alkyl halides is 4. The van der Waals surface area contributed by atoms with Crippen LogP contribution in [0, 0.1) is 12.7 Å². The molecule has 0 aliphatic carbocycles. The fourth-order valence-corrected chi connectivity index (χ4v) is 2.89. The first kappa shape index (κ1) is 20.8. The third-order valence-corrected chi connectivity index (χ3v) is 4.32. The molecule has 0 atom stereocenters. The summed E-state index contributed by atoms with van der Waals surface area (Å²) in [5, 5.41) is 4.92. The van der Waals surface area contributed by atoms with Gasteiger partial charge in [-0.25, -0.2) is 22.0 Å². The number of anilines is 1.